The van der Waals surface area contributed by atoms with Crippen LogP contribution in [0.15, 0.2) is 59.4 Å². The molecule has 162 valence electrons. The van der Waals surface area contributed by atoms with E-state index in [1.54, 1.807) is 11.5 Å². The lowest BCUT2D eigenvalue weighted by Gasteiger charge is -2.26. The van der Waals surface area contributed by atoms with Gasteiger partial charge in [0.05, 0.1) is 13.2 Å². The van der Waals surface area contributed by atoms with E-state index < -0.39 is 0 Å². The molecule has 0 radical (unpaired) electrons. The minimum absolute atomic E-state index is 0.0161. The van der Waals surface area contributed by atoms with Crippen LogP contribution in [-0.2, 0) is 16.1 Å². The van der Waals surface area contributed by atoms with Crippen LogP contribution in [-0.4, -0.2) is 38.3 Å². The van der Waals surface area contributed by atoms with Gasteiger partial charge in [-0.2, -0.15) is 9.50 Å². The van der Waals surface area contributed by atoms with Crippen LogP contribution < -0.4 is 10.9 Å². The molecular weight excluding hydrogens is 406 g/mol. The Morgan fingerprint density at radius 1 is 1.09 bits per heavy atom. The third-order valence-corrected chi connectivity index (χ3v) is 5.71. The van der Waals surface area contributed by atoms with E-state index in [0.29, 0.717) is 23.2 Å². The fourth-order valence-corrected chi connectivity index (χ4v) is 3.73. The van der Waals surface area contributed by atoms with Gasteiger partial charge in [0.25, 0.3) is 5.56 Å². The summed E-state index contributed by atoms with van der Waals surface area (Å²) in [5.41, 5.74) is 4.22. The molecule has 4 aromatic rings. The zero-order chi connectivity index (χ0) is 22.2. The molecule has 0 bridgehead atoms. The van der Waals surface area contributed by atoms with Gasteiger partial charge in [-0.3, -0.25) is 9.59 Å². The van der Waals surface area contributed by atoms with E-state index in [4.69, 9.17) is 4.74 Å². The van der Waals surface area contributed by atoms with E-state index in [1.165, 1.54) is 16.1 Å². The summed E-state index contributed by atoms with van der Waals surface area (Å²) in [5.74, 6) is 1.000. The number of nitrogens with one attached hydrogen (secondary N) is 1. The van der Waals surface area contributed by atoms with E-state index >= 15 is 0 Å². The molecule has 1 aliphatic rings. The van der Waals surface area contributed by atoms with Crippen LogP contribution in [0.25, 0.3) is 17.2 Å². The van der Waals surface area contributed by atoms with E-state index in [2.05, 4.69) is 15.4 Å². The Morgan fingerprint density at radius 3 is 2.47 bits per heavy atom. The van der Waals surface area contributed by atoms with Crippen LogP contribution in [0, 0.1) is 13.8 Å². The predicted octanol–water partition coefficient (Wildman–Crippen LogP) is 2.93. The van der Waals surface area contributed by atoms with Gasteiger partial charge in [-0.1, -0.05) is 42.0 Å². The van der Waals surface area contributed by atoms with Gasteiger partial charge in [0.15, 0.2) is 5.82 Å². The Labute approximate surface area is 184 Å². The number of rotatable bonds is 5. The Hall–Kier alpha value is -3.78. The van der Waals surface area contributed by atoms with Gasteiger partial charge in [0.1, 0.15) is 6.54 Å². The van der Waals surface area contributed by atoms with Gasteiger partial charge in [-0.15, -0.1) is 5.10 Å². The molecule has 0 unspecified atom stereocenters. The van der Waals surface area contributed by atoms with E-state index in [0.717, 1.165) is 30.0 Å². The number of amides is 1. The highest BCUT2D eigenvalue weighted by Gasteiger charge is 2.21. The second-order valence-electron chi connectivity index (χ2n) is 8.13. The summed E-state index contributed by atoms with van der Waals surface area (Å²) in [6.45, 7) is 5.28. The maximum atomic E-state index is 12.7. The van der Waals surface area contributed by atoms with Crippen LogP contribution in [0.3, 0.4) is 0 Å². The number of aromatic nitrogens is 4. The molecule has 1 fully saturated rings. The number of fused-ring (bicyclic) bond motifs is 1. The molecular formula is C24H23N5O3. The number of hydrogen-bond donors (Lipinski definition) is 1. The molecule has 8 heteroatoms. The number of carbonyl (C=O) groups excluding carboxylic acids is 1. The zero-order valence-electron chi connectivity index (χ0n) is 17.9. The van der Waals surface area contributed by atoms with Crippen molar-refractivity contribution in [1.82, 2.24) is 19.2 Å². The normalized spacial score (nSPS) is 13.8. The first-order valence-electron chi connectivity index (χ1n) is 10.5. The number of carbonyl (C=O) groups is 1. The number of ether oxygens (including phenoxy) is 1. The minimum Gasteiger partial charge on any atom is -0.380 e. The average molecular weight is 429 g/mol. The Balaban J connectivity index is 1.45. The number of nitrogens with zero attached hydrogens (tertiary/aromatic N) is 4. The molecule has 8 nitrogen and oxygen atoms in total. The summed E-state index contributed by atoms with van der Waals surface area (Å²) in [5, 5.41) is 7.29. The Bertz CT molecular complexity index is 1350. The molecule has 0 atom stereocenters. The zero-order valence-corrected chi connectivity index (χ0v) is 17.9. The van der Waals surface area contributed by atoms with Crippen molar-refractivity contribution in [3.8, 4) is 11.4 Å². The lowest BCUT2D eigenvalue weighted by atomic mass is 9.96. The molecule has 32 heavy (non-hydrogen) atoms. The maximum Gasteiger partial charge on any atom is 0.275 e. The van der Waals surface area contributed by atoms with E-state index in [1.807, 2.05) is 55.5 Å². The van der Waals surface area contributed by atoms with Crippen LogP contribution in [0.4, 0.5) is 5.69 Å². The molecule has 1 aliphatic heterocycles. The van der Waals surface area contributed by atoms with Crippen LogP contribution in [0.5, 0.6) is 0 Å². The van der Waals surface area contributed by atoms with Crippen molar-refractivity contribution in [3.05, 3.63) is 81.8 Å². The van der Waals surface area contributed by atoms with Crippen molar-refractivity contribution in [3.63, 3.8) is 0 Å². The highest BCUT2D eigenvalue weighted by Crippen LogP contribution is 2.26. The molecule has 1 saturated heterocycles. The number of aryl methyl sites for hydroxylation is 2. The lowest BCUT2D eigenvalue weighted by molar-refractivity contribution is -0.116. The Kier molecular flexibility index (Phi) is 5.07. The van der Waals surface area contributed by atoms with Gasteiger partial charge in [0, 0.05) is 28.9 Å². The van der Waals surface area contributed by atoms with Gasteiger partial charge in [-0.05, 0) is 31.5 Å². The molecule has 0 aliphatic carbocycles. The van der Waals surface area contributed by atoms with Crippen molar-refractivity contribution >= 4 is 17.4 Å². The number of anilines is 1. The van der Waals surface area contributed by atoms with Crippen molar-refractivity contribution < 1.29 is 9.53 Å². The third kappa shape index (κ3) is 3.80. The lowest BCUT2D eigenvalue weighted by Crippen LogP contribution is -2.25. The fourth-order valence-electron chi connectivity index (χ4n) is 3.73. The summed E-state index contributed by atoms with van der Waals surface area (Å²) in [4.78, 5) is 29.8. The van der Waals surface area contributed by atoms with Gasteiger partial charge < -0.3 is 14.6 Å². The van der Waals surface area contributed by atoms with Gasteiger partial charge in [0.2, 0.25) is 11.7 Å². The third-order valence-electron chi connectivity index (χ3n) is 5.71. The first kappa shape index (κ1) is 20.1. The second-order valence-corrected chi connectivity index (χ2v) is 8.13. The highest BCUT2D eigenvalue weighted by molar-refractivity contribution is 5.90. The van der Waals surface area contributed by atoms with Gasteiger partial charge in [-0.25, -0.2) is 0 Å². The predicted molar refractivity (Wildman–Crippen MR) is 121 cm³/mol. The summed E-state index contributed by atoms with van der Waals surface area (Å²) in [7, 11) is 0. The summed E-state index contributed by atoms with van der Waals surface area (Å²) in [6, 6.07) is 17.0. The topological polar surface area (TPSA) is 90.5 Å². The summed E-state index contributed by atoms with van der Waals surface area (Å²) >= 11 is 0. The molecule has 0 saturated carbocycles. The monoisotopic (exact) mass is 429 g/mol. The smallest absolute Gasteiger partial charge is 0.275 e. The first-order valence-corrected chi connectivity index (χ1v) is 10.5. The summed E-state index contributed by atoms with van der Waals surface area (Å²) < 4.78 is 8.20. The minimum atomic E-state index is -0.283. The van der Waals surface area contributed by atoms with E-state index in [-0.39, 0.29) is 18.0 Å². The molecule has 2 aromatic heterocycles. The molecule has 3 heterocycles. The number of hydrogen-bond acceptors (Lipinski definition) is 5. The molecule has 2 aromatic carbocycles. The fraction of sp³-hybridized carbons (Fsp3) is 0.250. The van der Waals surface area contributed by atoms with Crippen LogP contribution >= 0.6 is 0 Å². The second kappa shape index (κ2) is 8.05. The number of benzene rings is 2. The maximum absolute atomic E-state index is 12.7. The highest BCUT2D eigenvalue weighted by atomic mass is 16.5. The molecule has 0 spiro atoms. The standard InChI is InChI=1S/C24H23N5O3/c1-15-3-9-20(10-4-15)25-21(30)12-28-16(2)11-22(31)29-24(28)26-23(27-29)18-7-5-17(6-8-18)19-13-32-14-19/h3-11,19H,12-14H2,1-2H3,(H,25,30). The largest absolute Gasteiger partial charge is 0.380 e. The van der Waals surface area contributed by atoms with Crippen molar-refractivity contribution in [1.29, 1.82) is 0 Å². The molecule has 5 rings (SSSR count). The Morgan fingerprint density at radius 2 is 1.81 bits per heavy atom. The van der Waals surface area contributed by atoms with Gasteiger partial charge >= 0.3 is 0 Å². The van der Waals surface area contributed by atoms with Crippen molar-refractivity contribution in [2.75, 3.05) is 18.5 Å². The molecule has 1 N–H and O–H groups in total. The van der Waals surface area contributed by atoms with E-state index in [9.17, 15) is 9.59 Å². The summed E-state index contributed by atoms with van der Waals surface area (Å²) in [6.07, 6.45) is 0. The van der Waals surface area contributed by atoms with Crippen LogP contribution in [0.1, 0.15) is 22.7 Å². The van der Waals surface area contributed by atoms with Crippen LogP contribution in [0.2, 0.25) is 0 Å². The van der Waals surface area contributed by atoms with Crippen molar-refractivity contribution in [2.24, 2.45) is 0 Å². The first-order chi connectivity index (χ1) is 15.5. The SMILES string of the molecule is Cc1ccc(NC(=O)Cn2c(C)cc(=O)n3nc(-c4ccc(C5COC5)cc4)nc23)cc1. The average Bonchev–Trinajstić information content (AvgIpc) is 3.18. The van der Waals surface area contributed by atoms with Crippen molar-refractivity contribution in [2.45, 2.75) is 26.3 Å². The quantitative estimate of drug-likeness (QED) is 0.527. The molecule has 1 amide bonds.